The van der Waals surface area contributed by atoms with Crippen LogP contribution < -0.4 is 5.32 Å². The van der Waals surface area contributed by atoms with Crippen LogP contribution in [0.3, 0.4) is 0 Å². The monoisotopic (exact) mass is 233 g/mol. The molecule has 4 unspecified atom stereocenters. The molecule has 2 aliphatic rings. The van der Waals surface area contributed by atoms with Gasteiger partial charge in [-0.1, -0.05) is 0 Å². The highest BCUT2D eigenvalue weighted by atomic mass is 32.2. The van der Waals surface area contributed by atoms with Gasteiger partial charge in [-0.25, -0.2) is 0 Å². The van der Waals surface area contributed by atoms with Crippen LogP contribution in [0.15, 0.2) is 0 Å². The molecule has 1 N–H and O–H groups in total. The highest BCUT2D eigenvalue weighted by molar-refractivity contribution is 7.93. The molecule has 1 amide bonds. The number of nitrogens with one attached hydrogen (secondary N) is 1. The lowest BCUT2D eigenvalue weighted by Crippen LogP contribution is -2.44. The molecule has 2 rings (SSSR count). The van der Waals surface area contributed by atoms with Crippen LogP contribution in [0.1, 0.15) is 13.8 Å². The summed E-state index contributed by atoms with van der Waals surface area (Å²) in [6, 6.07) is 0. The molecular formula is C9H15NO4S. The topological polar surface area (TPSA) is 70.6 Å². The average molecular weight is 233 g/mol. The maximum atomic E-state index is 11.7. The van der Waals surface area contributed by atoms with Gasteiger partial charge in [0.15, 0.2) is 5.79 Å². The van der Waals surface area contributed by atoms with Gasteiger partial charge >= 0.3 is 0 Å². The predicted molar refractivity (Wildman–Crippen MR) is 54.7 cm³/mol. The van der Waals surface area contributed by atoms with E-state index in [1.165, 1.54) is 7.05 Å². The summed E-state index contributed by atoms with van der Waals surface area (Å²) < 4.78 is 22.9. The Bertz CT molecular complexity index is 283. The maximum Gasteiger partial charge on any atom is 0.275 e. The lowest BCUT2D eigenvalue weighted by Gasteiger charge is -2.22. The Morgan fingerprint density at radius 1 is 1.53 bits per heavy atom. The van der Waals surface area contributed by atoms with Crippen molar-refractivity contribution >= 4 is 17.1 Å². The third kappa shape index (κ3) is 1.87. The number of ether oxygens (including phenoxy) is 2. The molecule has 2 saturated heterocycles. The van der Waals surface area contributed by atoms with E-state index in [9.17, 15) is 9.35 Å². The SMILES string of the molecule is CNC(=O)C1C2OC(C)(C)OC2C[S+]1[O-]. The number of carbonyl (C=O) groups excluding carboxylic acids is 1. The number of fused-ring (bicyclic) bond motifs is 1. The van der Waals surface area contributed by atoms with E-state index in [1.54, 1.807) is 13.8 Å². The van der Waals surface area contributed by atoms with E-state index in [1.807, 2.05) is 0 Å². The highest BCUT2D eigenvalue weighted by Crippen LogP contribution is 2.38. The summed E-state index contributed by atoms with van der Waals surface area (Å²) in [7, 11) is 1.54. The van der Waals surface area contributed by atoms with E-state index in [0.29, 0.717) is 5.75 Å². The molecule has 0 bridgehead atoms. The molecule has 0 aromatic rings. The molecular weight excluding hydrogens is 218 g/mol. The molecule has 86 valence electrons. The molecule has 5 nitrogen and oxygen atoms in total. The summed E-state index contributed by atoms with van der Waals surface area (Å²) in [5, 5.41) is 1.91. The molecule has 2 fully saturated rings. The minimum Gasteiger partial charge on any atom is -0.616 e. The summed E-state index contributed by atoms with van der Waals surface area (Å²) in [5.41, 5.74) is 0. The Kier molecular flexibility index (Phi) is 2.70. The molecule has 0 saturated carbocycles. The van der Waals surface area contributed by atoms with Gasteiger partial charge in [-0.15, -0.1) is 0 Å². The van der Waals surface area contributed by atoms with Crippen molar-refractivity contribution < 1.29 is 18.8 Å². The molecule has 0 aromatic carbocycles. The van der Waals surface area contributed by atoms with Crippen molar-refractivity contribution in [1.82, 2.24) is 5.32 Å². The Morgan fingerprint density at radius 3 is 2.80 bits per heavy atom. The first-order chi connectivity index (χ1) is 6.94. The first-order valence-corrected chi connectivity index (χ1v) is 6.27. The summed E-state index contributed by atoms with van der Waals surface area (Å²) in [4.78, 5) is 11.5. The van der Waals surface area contributed by atoms with E-state index < -0.39 is 22.2 Å². The van der Waals surface area contributed by atoms with Crippen molar-refractivity contribution in [1.29, 1.82) is 0 Å². The van der Waals surface area contributed by atoms with Crippen molar-refractivity contribution in [2.24, 2.45) is 0 Å². The molecule has 4 atom stereocenters. The summed E-state index contributed by atoms with van der Waals surface area (Å²) in [6.07, 6.45) is -0.594. The standard InChI is InChI=1S/C9H15NO4S/c1-9(2)13-5-4-15(12)7(6(5)14-9)8(11)10-3/h5-7H,4H2,1-3H3,(H,10,11). The second-order valence-corrected chi connectivity index (χ2v) is 5.82. The van der Waals surface area contributed by atoms with Crippen LogP contribution in [0.2, 0.25) is 0 Å². The van der Waals surface area contributed by atoms with Crippen LogP contribution >= 0.6 is 0 Å². The molecule has 0 spiro atoms. The molecule has 6 heteroatoms. The maximum absolute atomic E-state index is 11.7. The van der Waals surface area contributed by atoms with E-state index >= 15 is 0 Å². The van der Waals surface area contributed by atoms with Gasteiger partial charge in [0.1, 0.15) is 18.0 Å². The van der Waals surface area contributed by atoms with Crippen LogP contribution in [0.25, 0.3) is 0 Å². The second kappa shape index (κ2) is 3.62. The van der Waals surface area contributed by atoms with Gasteiger partial charge in [-0.05, 0) is 25.0 Å². The molecule has 0 radical (unpaired) electrons. The normalized spacial score (nSPS) is 42.7. The van der Waals surface area contributed by atoms with Gasteiger partial charge in [-0.2, -0.15) is 0 Å². The molecule has 15 heavy (non-hydrogen) atoms. The lowest BCUT2D eigenvalue weighted by atomic mass is 10.1. The zero-order valence-corrected chi connectivity index (χ0v) is 9.80. The number of carbonyl (C=O) groups is 1. The van der Waals surface area contributed by atoms with Crippen molar-refractivity contribution in [2.75, 3.05) is 12.8 Å². The van der Waals surface area contributed by atoms with Crippen molar-refractivity contribution in [2.45, 2.75) is 37.1 Å². The van der Waals surface area contributed by atoms with Crippen LogP contribution in [-0.4, -0.2) is 46.5 Å². The lowest BCUT2D eigenvalue weighted by molar-refractivity contribution is -0.148. The van der Waals surface area contributed by atoms with Crippen LogP contribution in [0.5, 0.6) is 0 Å². The molecule has 2 aliphatic heterocycles. The quantitative estimate of drug-likeness (QED) is 0.613. The fourth-order valence-corrected chi connectivity index (χ4v) is 3.75. The Balaban J connectivity index is 2.15. The predicted octanol–water partition coefficient (Wildman–Crippen LogP) is -0.617. The first kappa shape index (κ1) is 11.2. The van der Waals surface area contributed by atoms with Gasteiger partial charge < -0.3 is 19.3 Å². The fraction of sp³-hybridized carbons (Fsp3) is 0.889. The fourth-order valence-electron chi connectivity index (χ4n) is 2.07. The minimum atomic E-state index is -1.19. The largest absolute Gasteiger partial charge is 0.616 e. The third-order valence-electron chi connectivity index (χ3n) is 2.64. The zero-order chi connectivity index (χ0) is 11.2. The summed E-state index contributed by atoms with van der Waals surface area (Å²) in [5.74, 6) is -0.527. The van der Waals surface area contributed by atoms with E-state index in [-0.39, 0.29) is 18.1 Å². The Morgan fingerprint density at radius 2 is 2.20 bits per heavy atom. The highest BCUT2D eigenvalue weighted by Gasteiger charge is 2.59. The van der Waals surface area contributed by atoms with Gasteiger partial charge in [0.05, 0.1) is 0 Å². The zero-order valence-electron chi connectivity index (χ0n) is 8.98. The number of rotatable bonds is 1. The van der Waals surface area contributed by atoms with E-state index in [0.717, 1.165) is 0 Å². The first-order valence-electron chi connectivity index (χ1n) is 4.89. The second-order valence-electron chi connectivity index (χ2n) is 4.22. The average Bonchev–Trinajstić information content (AvgIpc) is 2.54. The number of hydrogen-bond donors (Lipinski definition) is 1. The van der Waals surface area contributed by atoms with Gasteiger partial charge in [0.25, 0.3) is 5.91 Å². The van der Waals surface area contributed by atoms with Gasteiger partial charge in [-0.3, -0.25) is 4.79 Å². The smallest absolute Gasteiger partial charge is 0.275 e. The van der Waals surface area contributed by atoms with E-state index in [2.05, 4.69) is 5.32 Å². The Hall–Kier alpha value is -0.300. The molecule has 2 heterocycles. The minimum absolute atomic E-state index is 0.219. The van der Waals surface area contributed by atoms with Crippen LogP contribution in [-0.2, 0) is 25.4 Å². The van der Waals surface area contributed by atoms with Crippen LogP contribution in [0.4, 0.5) is 0 Å². The van der Waals surface area contributed by atoms with Crippen molar-refractivity contribution in [3.05, 3.63) is 0 Å². The number of amides is 1. The third-order valence-corrected chi connectivity index (χ3v) is 4.34. The van der Waals surface area contributed by atoms with Crippen LogP contribution in [0, 0.1) is 0 Å². The van der Waals surface area contributed by atoms with Gasteiger partial charge in [0, 0.05) is 7.05 Å². The van der Waals surface area contributed by atoms with Crippen molar-refractivity contribution in [3.8, 4) is 0 Å². The number of hydrogen-bond acceptors (Lipinski definition) is 4. The Labute approximate surface area is 91.7 Å². The van der Waals surface area contributed by atoms with Gasteiger partial charge in [0.2, 0.25) is 5.25 Å². The van der Waals surface area contributed by atoms with E-state index in [4.69, 9.17) is 9.47 Å². The summed E-state index contributed by atoms with van der Waals surface area (Å²) in [6.45, 7) is 3.60. The summed E-state index contributed by atoms with van der Waals surface area (Å²) >= 11 is -1.19. The molecule has 0 aromatic heterocycles. The van der Waals surface area contributed by atoms with Crippen molar-refractivity contribution in [3.63, 3.8) is 0 Å². The molecule has 0 aliphatic carbocycles.